The number of nitrogens with one attached hydrogen (secondary N) is 1. The monoisotopic (exact) mass is 429 g/mol. The molecule has 150 valence electrons. The van der Waals surface area contributed by atoms with Crippen LogP contribution in [0.3, 0.4) is 0 Å². The summed E-state index contributed by atoms with van der Waals surface area (Å²) in [6.07, 6.45) is 0. The predicted molar refractivity (Wildman–Crippen MR) is 113 cm³/mol. The van der Waals surface area contributed by atoms with Crippen LogP contribution in [0.2, 0.25) is 5.02 Å². The third kappa shape index (κ3) is 3.32. The van der Waals surface area contributed by atoms with Gasteiger partial charge in [0.2, 0.25) is 14.9 Å². The Morgan fingerprint density at radius 1 is 1.07 bits per heavy atom. The van der Waals surface area contributed by atoms with Gasteiger partial charge < -0.3 is 5.32 Å². The first kappa shape index (κ1) is 19.6. The van der Waals surface area contributed by atoms with E-state index in [0.29, 0.717) is 16.4 Å². The first-order chi connectivity index (χ1) is 13.7. The largest absolute Gasteiger partial charge is 0.367 e. The molecule has 29 heavy (non-hydrogen) atoms. The Kier molecular flexibility index (Phi) is 4.71. The standard InChI is InChI=1S/C20H20ClN5O2S/c1-11(2)22-18-16-10-14(21)6-8-17(16)26-19(23-18)20(24-25-26)29(27,28)15-7-5-12(3)13(4)9-15/h5-11H,1-4H3,(H,22,23). The van der Waals surface area contributed by atoms with Crippen LogP contribution in [0.15, 0.2) is 46.3 Å². The molecule has 2 aromatic heterocycles. The van der Waals surface area contributed by atoms with Gasteiger partial charge in [-0.25, -0.2) is 13.4 Å². The first-order valence-corrected chi connectivity index (χ1v) is 11.0. The van der Waals surface area contributed by atoms with Crippen molar-refractivity contribution in [1.29, 1.82) is 0 Å². The third-order valence-corrected chi connectivity index (χ3v) is 6.63. The number of benzene rings is 2. The smallest absolute Gasteiger partial charge is 0.229 e. The minimum Gasteiger partial charge on any atom is -0.367 e. The molecule has 4 rings (SSSR count). The lowest BCUT2D eigenvalue weighted by Gasteiger charge is -2.13. The highest BCUT2D eigenvalue weighted by Crippen LogP contribution is 2.30. The minimum atomic E-state index is -3.89. The molecule has 0 aliphatic rings. The van der Waals surface area contributed by atoms with E-state index < -0.39 is 9.84 Å². The SMILES string of the molecule is Cc1ccc(S(=O)(=O)c2nnn3c2nc(NC(C)C)c2cc(Cl)ccc23)cc1C. The molecule has 0 aliphatic carbocycles. The van der Waals surface area contributed by atoms with E-state index in [1.807, 2.05) is 27.7 Å². The summed E-state index contributed by atoms with van der Waals surface area (Å²) in [6.45, 7) is 7.76. The second-order valence-corrected chi connectivity index (χ2v) is 9.60. The number of anilines is 1. The van der Waals surface area contributed by atoms with Crippen molar-refractivity contribution >= 4 is 43.8 Å². The molecule has 2 aromatic carbocycles. The average molecular weight is 430 g/mol. The molecule has 0 fully saturated rings. The number of hydrogen-bond acceptors (Lipinski definition) is 6. The van der Waals surface area contributed by atoms with Gasteiger partial charge in [-0.2, -0.15) is 4.52 Å². The minimum absolute atomic E-state index is 0.0859. The molecule has 0 atom stereocenters. The second-order valence-electron chi connectivity index (χ2n) is 7.30. The van der Waals surface area contributed by atoms with Gasteiger partial charge in [-0.3, -0.25) is 0 Å². The van der Waals surface area contributed by atoms with Gasteiger partial charge in [0.25, 0.3) is 0 Å². The zero-order valence-corrected chi connectivity index (χ0v) is 18.0. The van der Waals surface area contributed by atoms with Crippen molar-refractivity contribution in [3.8, 4) is 0 Å². The lowest BCUT2D eigenvalue weighted by molar-refractivity contribution is 0.592. The topological polar surface area (TPSA) is 89.2 Å². The van der Waals surface area contributed by atoms with Gasteiger partial charge in [-0.05, 0) is 69.2 Å². The van der Waals surface area contributed by atoms with Crippen LogP contribution in [0.5, 0.6) is 0 Å². The summed E-state index contributed by atoms with van der Waals surface area (Å²) in [5, 5.41) is 12.4. The van der Waals surface area contributed by atoms with Crippen LogP contribution in [0.25, 0.3) is 16.6 Å². The summed E-state index contributed by atoms with van der Waals surface area (Å²) in [6, 6.07) is 10.4. The zero-order chi connectivity index (χ0) is 20.9. The lowest BCUT2D eigenvalue weighted by Crippen LogP contribution is -2.13. The average Bonchev–Trinajstić information content (AvgIpc) is 3.08. The van der Waals surface area contributed by atoms with Gasteiger partial charge in [0.15, 0.2) is 5.65 Å². The molecule has 0 saturated carbocycles. The number of aryl methyl sites for hydroxylation is 2. The second kappa shape index (κ2) is 6.96. The molecule has 0 saturated heterocycles. The highest BCUT2D eigenvalue weighted by molar-refractivity contribution is 7.91. The fourth-order valence-electron chi connectivity index (χ4n) is 3.12. The fourth-order valence-corrected chi connectivity index (χ4v) is 4.61. The van der Waals surface area contributed by atoms with Gasteiger partial charge in [-0.15, -0.1) is 5.10 Å². The van der Waals surface area contributed by atoms with Crippen molar-refractivity contribution < 1.29 is 8.42 Å². The normalized spacial score (nSPS) is 12.2. The van der Waals surface area contributed by atoms with Crippen LogP contribution in [0.4, 0.5) is 5.82 Å². The molecule has 0 radical (unpaired) electrons. The maximum Gasteiger partial charge on any atom is 0.229 e. The van der Waals surface area contributed by atoms with Crippen LogP contribution < -0.4 is 5.32 Å². The van der Waals surface area contributed by atoms with E-state index >= 15 is 0 Å². The number of rotatable bonds is 4. The lowest BCUT2D eigenvalue weighted by atomic mass is 10.1. The van der Waals surface area contributed by atoms with Gasteiger partial charge >= 0.3 is 0 Å². The van der Waals surface area contributed by atoms with Crippen molar-refractivity contribution in [2.45, 2.75) is 43.7 Å². The van der Waals surface area contributed by atoms with Crippen LogP contribution in [-0.4, -0.2) is 34.3 Å². The Morgan fingerprint density at radius 3 is 2.52 bits per heavy atom. The maximum atomic E-state index is 13.3. The number of sulfone groups is 1. The molecule has 0 aliphatic heterocycles. The Morgan fingerprint density at radius 2 is 1.83 bits per heavy atom. The van der Waals surface area contributed by atoms with Gasteiger partial charge in [0, 0.05) is 16.5 Å². The Hall–Kier alpha value is -2.71. The van der Waals surface area contributed by atoms with Gasteiger partial charge in [-0.1, -0.05) is 22.9 Å². The summed E-state index contributed by atoms with van der Waals surface area (Å²) >= 11 is 6.17. The van der Waals surface area contributed by atoms with E-state index in [1.165, 1.54) is 4.52 Å². The van der Waals surface area contributed by atoms with E-state index in [-0.39, 0.29) is 21.6 Å². The zero-order valence-electron chi connectivity index (χ0n) is 16.4. The Bertz CT molecular complexity index is 1360. The number of fused-ring (bicyclic) bond motifs is 3. The molecule has 0 spiro atoms. The molecule has 7 nitrogen and oxygen atoms in total. The summed E-state index contributed by atoms with van der Waals surface area (Å²) in [5.74, 6) is 0.531. The molecule has 2 heterocycles. The summed E-state index contributed by atoms with van der Waals surface area (Å²) in [4.78, 5) is 4.73. The number of aromatic nitrogens is 4. The third-order valence-electron chi connectivity index (χ3n) is 4.75. The Labute approximate surface area is 173 Å². The van der Waals surface area contributed by atoms with Crippen LogP contribution in [0.1, 0.15) is 25.0 Å². The quantitative estimate of drug-likeness (QED) is 0.523. The molecule has 0 bridgehead atoms. The predicted octanol–water partition coefficient (Wildman–Crippen LogP) is 4.20. The maximum absolute atomic E-state index is 13.3. The fraction of sp³-hybridized carbons (Fsp3) is 0.250. The van der Waals surface area contributed by atoms with E-state index in [9.17, 15) is 8.42 Å². The number of nitrogens with zero attached hydrogens (tertiary/aromatic N) is 4. The van der Waals surface area contributed by atoms with Crippen LogP contribution in [-0.2, 0) is 9.84 Å². The van der Waals surface area contributed by atoms with Gasteiger partial charge in [0.05, 0.1) is 10.4 Å². The molecular formula is C20H20ClN5O2S. The molecule has 1 N–H and O–H groups in total. The summed E-state index contributed by atoms with van der Waals surface area (Å²) in [7, 11) is -3.89. The first-order valence-electron chi connectivity index (χ1n) is 9.12. The Balaban J connectivity index is 2.01. The van der Waals surface area contributed by atoms with E-state index in [4.69, 9.17) is 11.6 Å². The van der Waals surface area contributed by atoms with E-state index in [1.54, 1.807) is 36.4 Å². The van der Waals surface area contributed by atoms with E-state index in [0.717, 1.165) is 16.5 Å². The molecular weight excluding hydrogens is 410 g/mol. The van der Waals surface area contributed by atoms with Gasteiger partial charge in [0.1, 0.15) is 5.82 Å². The molecule has 9 heteroatoms. The van der Waals surface area contributed by atoms with Crippen molar-refractivity contribution in [3.05, 3.63) is 52.5 Å². The highest BCUT2D eigenvalue weighted by atomic mass is 35.5. The highest BCUT2D eigenvalue weighted by Gasteiger charge is 2.27. The number of hydrogen-bond donors (Lipinski definition) is 1. The molecule has 4 aromatic rings. The van der Waals surface area contributed by atoms with Crippen LogP contribution in [0, 0.1) is 13.8 Å². The molecule has 0 unspecified atom stereocenters. The van der Waals surface area contributed by atoms with Crippen molar-refractivity contribution in [1.82, 2.24) is 19.8 Å². The van der Waals surface area contributed by atoms with Crippen molar-refractivity contribution in [3.63, 3.8) is 0 Å². The molecule has 0 amide bonds. The number of halogens is 1. The van der Waals surface area contributed by atoms with Crippen molar-refractivity contribution in [2.75, 3.05) is 5.32 Å². The van der Waals surface area contributed by atoms with Crippen molar-refractivity contribution in [2.24, 2.45) is 0 Å². The summed E-state index contributed by atoms with van der Waals surface area (Å²) < 4.78 is 28.0. The summed E-state index contributed by atoms with van der Waals surface area (Å²) in [5.41, 5.74) is 2.73. The van der Waals surface area contributed by atoms with Crippen LogP contribution >= 0.6 is 11.6 Å². The van der Waals surface area contributed by atoms with E-state index in [2.05, 4.69) is 20.6 Å².